The van der Waals surface area contributed by atoms with Crippen LogP contribution in [0.5, 0.6) is 0 Å². The number of benzene rings is 1. The second kappa shape index (κ2) is 5.59. The van der Waals surface area contributed by atoms with Gasteiger partial charge in [0.25, 0.3) is 0 Å². The Labute approximate surface area is 96.4 Å². The summed E-state index contributed by atoms with van der Waals surface area (Å²) in [6.07, 6.45) is 7.61. The monoisotopic (exact) mass is 215 g/mol. The van der Waals surface area contributed by atoms with Crippen molar-refractivity contribution in [2.75, 3.05) is 0 Å². The first kappa shape index (κ1) is 11.1. The summed E-state index contributed by atoms with van der Waals surface area (Å²) in [7, 11) is 0. The fraction of sp³-hybridized carbons (Fsp3) is 0.429. The molecule has 2 rings (SSSR count). The Bertz CT molecular complexity index is 370. The summed E-state index contributed by atoms with van der Waals surface area (Å²) in [5.41, 5.74) is 2.38. The van der Waals surface area contributed by atoms with Gasteiger partial charge in [-0.15, -0.1) is 0 Å². The van der Waals surface area contributed by atoms with Crippen LogP contribution in [0.15, 0.2) is 41.1 Å². The molecular formula is C14H17NO. The van der Waals surface area contributed by atoms with Crippen molar-refractivity contribution in [2.24, 2.45) is 5.18 Å². The van der Waals surface area contributed by atoms with Gasteiger partial charge >= 0.3 is 0 Å². The Morgan fingerprint density at radius 3 is 2.69 bits per heavy atom. The molecule has 84 valence electrons. The lowest BCUT2D eigenvalue weighted by atomic mass is 10.00. The van der Waals surface area contributed by atoms with Crippen molar-refractivity contribution in [3.63, 3.8) is 0 Å². The topological polar surface area (TPSA) is 29.4 Å². The average molecular weight is 215 g/mol. The van der Waals surface area contributed by atoms with E-state index in [1.54, 1.807) is 0 Å². The fourth-order valence-electron chi connectivity index (χ4n) is 2.25. The lowest BCUT2D eigenvalue weighted by Crippen LogP contribution is -2.05. The molecule has 0 radical (unpaired) electrons. The summed E-state index contributed by atoms with van der Waals surface area (Å²) >= 11 is 0. The third kappa shape index (κ3) is 2.78. The molecule has 0 spiro atoms. The van der Waals surface area contributed by atoms with Crippen LogP contribution in [-0.2, 0) is 0 Å². The maximum atomic E-state index is 10.8. The Hall–Kier alpha value is -1.44. The largest absolute Gasteiger partial charge is 0.150 e. The fourth-order valence-corrected chi connectivity index (χ4v) is 2.25. The zero-order chi connectivity index (χ0) is 11.2. The molecule has 1 aliphatic carbocycles. The molecule has 1 aliphatic rings. The molecule has 16 heavy (non-hydrogen) atoms. The molecule has 1 unspecified atom stereocenters. The Morgan fingerprint density at radius 2 is 1.94 bits per heavy atom. The van der Waals surface area contributed by atoms with Crippen molar-refractivity contribution < 1.29 is 0 Å². The summed E-state index contributed by atoms with van der Waals surface area (Å²) in [6, 6.07) is 10.1. The van der Waals surface area contributed by atoms with Gasteiger partial charge in [0.2, 0.25) is 0 Å². The van der Waals surface area contributed by atoms with Crippen LogP contribution in [0, 0.1) is 4.91 Å². The Kier molecular flexibility index (Phi) is 3.86. The second-order valence-corrected chi connectivity index (χ2v) is 4.35. The second-order valence-electron chi connectivity index (χ2n) is 4.35. The summed E-state index contributed by atoms with van der Waals surface area (Å²) in [5.74, 6) is 0. The van der Waals surface area contributed by atoms with Gasteiger partial charge in [-0.05, 0) is 30.4 Å². The number of nitrogens with zero attached hydrogens (tertiary/aromatic N) is 1. The van der Waals surface area contributed by atoms with Crippen molar-refractivity contribution in [1.29, 1.82) is 0 Å². The smallest absolute Gasteiger partial charge is 0.113 e. The summed E-state index contributed by atoms with van der Waals surface area (Å²) < 4.78 is 0. The van der Waals surface area contributed by atoms with Gasteiger partial charge in [-0.2, -0.15) is 4.91 Å². The van der Waals surface area contributed by atoms with E-state index in [9.17, 15) is 4.91 Å². The number of rotatable bonds is 2. The molecule has 0 aliphatic heterocycles. The minimum Gasteiger partial charge on any atom is -0.150 e. The van der Waals surface area contributed by atoms with Crippen molar-refractivity contribution in [1.82, 2.24) is 0 Å². The van der Waals surface area contributed by atoms with Crippen LogP contribution in [0.3, 0.4) is 0 Å². The predicted octanol–water partition coefficient (Wildman–Crippen LogP) is 4.17. The van der Waals surface area contributed by atoms with Gasteiger partial charge in [0.1, 0.15) is 6.04 Å². The van der Waals surface area contributed by atoms with Crippen LogP contribution in [0.1, 0.15) is 37.7 Å². The summed E-state index contributed by atoms with van der Waals surface area (Å²) in [6.45, 7) is 0. The maximum absolute atomic E-state index is 10.8. The quantitative estimate of drug-likeness (QED) is 0.537. The third-order valence-corrected chi connectivity index (χ3v) is 3.15. The predicted molar refractivity (Wildman–Crippen MR) is 67.1 cm³/mol. The molecule has 1 fully saturated rings. The number of hydrogen-bond donors (Lipinski definition) is 0. The maximum Gasteiger partial charge on any atom is 0.113 e. The number of nitroso groups, excluding NO2 is 1. The van der Waals surface area contributed by atoms with Gasteiger partial charge in [0.05, 0.1) is 0 Å². The van der Waals surface area contributed by atoms with Gasteiger partial charge < -0.3 is 0 Å². The molecule has 0 amide bonds. The van der Waals surface area contributed by atoms with Gasteiger partial charge in [-0.1, -0.05) is 54.4 Å². The first-order valence-electron chi connectivity index (χ1n) is 5.98. The van der Waals surface area contributed by atoms with Crippen LogP contribution in [0.25, 0.3) is 6.08 Å². The molecule has 1 atom stereocenters. The summed E-state index contributed by atoms with van der Waals surface area (Å²) in [4.78, 5) is 10.8. The van der Waals surface area contributed by atoms with E-state index < -0.39 is 0 Å². The lowest BCUT2D eigenvalue weighted by Gasteiger charge is -2.09. The van der Waals surface area contributed by atoms with Crippen molar-refractivity contribution in [2.45, 2.75) is 38.1 Å². The molecule has 1 aromatic carbocycles. The highest BCUT2D eigenvalue weighted by atomic mass is 16.3. The Balaban J connectivity index is 2.22. The minimum atomic E-state index is -0.0947. The Morgan fingerprint density at radius 1 is 1.12 bits per heavy atom. The highest BCUT2D eigenvalue weighted by Gasteiger charge is 2.17. The SMILES string of the molecule is O=NC1CCCCCC1=Cc1ccccc1. The molecule has 1 saturated carbocycles. The van der Waals surface area contributed by atoms with E-state index >= 15 is 0 Å². The molecular weight excluding hydrogens is 198 g/mol. The van der Waals surface area contributed by atoms with Crippen LogP contribution >= 0.6 is 0 Å². The minimum absolute atomic E-state index is 0.0947. The van der Waals surface area contributed by atoms with E-state index in [4.69, 9.17) is 0 Å². The van der Waals surface area contributed by atoms with Gasteiger partial charge in [-0.3, -0.25) is 0 Å². The van der Waals surface area contributed by atoms with E-state index in [0.717, 1.165) is 19.3 Å². The lowest BCUT2D eigenvalue weighted by molar-refractivity contribution is 0.654. The zero-order valence-corrected chi connectivity index (χ0v) is 9.43. The zero-order valence-electron chi connectivity index (χ0n) is 9.43. The first-order chi connectivity index (χ1) is 7.90. The van der Waals surface area contributed by atoms with Crippen LogP contribution in [-0.4, -0.2) is 6.04 Å². The molecule has 0 aromatic heterocycles. The van der Waals surface area contributed by atoms with Gasteiger partial charge in [0.15, 0.2) is 0 Å². The first-order valence-corrected chi connectivity index (χ1v) is 5.98. The third-order valence-electron chi connectivity index (χ3n) is 3.15. The van der Waals surface area contributed by atoms with E-state index in [2.05, 4.69) is 23.4 Å². The summed E-state index contributed by atoms with van der Waals surface area (Å²) in [5, 5.41) is 3.27. The molecule has 2 heteroatoms. The standard InChI is InChI=1S/C14H17NO/c16-15-14-10-6-2-5-9-13(14)11-12-7-3-1-4-8-12/h1,3-4,7-8,11,14H,2,5-6,9-10H2. The molecule has 1 aromatic rings. The van der Waals surface area contributed by atoms with Crippen molar-refractivity contribution in [3.05, 3.63) is 46.4 Å². The molecule has 0 heterocycles. The van der Waals surface area contributed by atoms with Crippen LogP contribution in [0.4, 0.5) is 0 Å². The average Bonchev–Trinajstić information content (AvgIpc) is 2.55. The molecule has 0 N–H and O–H groups in total. The van der Waals surface area contributed by atoms with Gasteiger partial charge in [-0.25, -0.2) is 0 Å². The number of hydrogen-bond acceptors (Lipinski definition) is 2. The highest BCUT2D eigenvalue weighted by molar-refractivity contribution is 5.54. The van der Waals surface area contributed by atoms with E-state index in [-0.39, 0.29) is 6.04 Å². The van der Waals surface area contributed by atoms with Gasteiger partial charge in [0, 0.05) is 0 Å². The van der Waals surface area contributed by atoms with Crippen molar-refractivity contribution in [3.8, 4) is 0 Å². The molecule has 0 bridgehead atoms. The van der Waals surface area contributed by atoms with Crippen LogP contribution in [0.2, 0.25) is 0 Å². The van der Waals surface area contributed by atoms with E-state index in [0.29, 0.717) is 0 Å². The molecule has 2 nitrogen and oxygen atoms in total. The highest BCUT2D eigenvalue weighted by Crippen LogP contribution is 2.26. The van der Waals surface area contributed by atoms with E-state index in [1.807, 2.05) is 18.2 Å². The van der Waals surface area contributed by atoms with Crippen LogP contribution < -0.4 is 0 Å². The normalized spacial score (nSPS) is 24.0. The van der Waals surface area contributed by atoms with E-state index in [1.165, 1.54) is 24.0 Å². The van der Waals surface area contributed by atoms with Crippen molar-refractivity contribution >= 4 is 6.08 Å². The molecule has 0 saturated heterocycles.